The molecule has 0 heterocycles. The summed E-state index contributed by atoms with van der Waals surface area (Å²) in [5, 5.41) is 3.61. The molecule has 1 unspecified atom stereocenters. The van der Waals surface area contributed by atoms with E-state index in [0.29, 0.717) is 12.0 Å². The molecule has 2 aromatic carbocycles. The topological polar surface area (TPSA) is 21.3 Å². The van der Waals surface area contributed by atoms with Crippen LogP contribution in [0.5, 0.6) is 5.75 Å². The first-order valence-electron chi connectivity index (χ1n) is 7.38. The van der Waals surface area contributed by atoms with Gasteiger partial charge in [0.2, 0.25) is 0 Å². The van der Waals surface area contributed by atoms with Gasteiger partial charge in [-0.15, -0.1) is 0 Å². The van der Waals surface area contributed by atoms with Gasteiger partial charge in [-0.1, -0.05) is 24.3 Å². The molecule has 2 nitrogen and oxygen atoms in total. The van der Waals surface area contributed by atoms with Crippen molar-refractivity contribution in [2.24, 2.45) is 5.92 Å². The number of hydrogen-bond donors (Lipinski definition) is 1. The Kier molecular flexibility index (Phi) is 4.20. The molecule has 2 aromatic rings. The van der Waals surface area contributed by atoms with Crippen LogP contribution in [0.2, 0.25) is 0 Å². The van der Waals surface area contributed by atoms with E-state index in [4.69, 9.17) is 4.74 Å². The van der Waals surface area contributed by atoms with Crippen molar-refractivity contribution in [3.8, 4) is 5.75 Å². The normalized spacial score (nSPS) is 15.7. The van der Waals surface area contributed by atoms with E-state index in [0.717, 1.165) is 12.3 Å². The summed E-state index contributed by atoms with van der Waals surface area (Å²) in [5.41, 5.74) is 2.40. The Bertz CT molecular complexity index is 575. The fourth-order valence-electron chi connectivity index (χ4n) is 2.63. The standard InChI is InChI=1S/C18H20FNO/c1-21-17-10-2-13(3-11-17)12-20-18(14-4-5-14)15-6-8-16(19)9-7-15/h2-3,6-11,14,18,20H,4-5,12H2,1H3. The van der Waals surface area contributed by atoms with Gasteiger partial charge in [0.05, 0.1) is 7.11 Å². The van der Waals surface area contributed by atoms with E-state index in [1.54, 1.807) is 19.2 Å². The van der Waals surface area contributed by atoms with Gasteiger partial charge in [-0.2, -0.15) is 0 Å². The summed E-state index contributed by atoms with van der Waals surface area (Å²) < 4.78 is 18.2. The second kappa shape index (κ2) is 6.27. The van der Waals surface area contributed by atoms with E-state index in [9.17, 15) is 4.39 Å². The SMILES string of the molecule is COc1ccc(CNC(c2ccc(F)cc2)C2CC2)cc1. The molecule has 0 amide bonds. The van der Waals surface area contributed by atoms with Gasteiger partial charge in [-0.25, -0.2) is 4.39 Å². The molecule has 1 saturated carbocycles. The number of benzene rings is 2. The summed E-state index contributed by atoms with van der Waals surface area (Å²) >= 11 is 0. The van der Waals surface area contributed by atoms with Gasteiger partial charge in [0.1, 0.15) is 11.6 Å². The molecule has 21 heavy (non-hydrogen) atoms. The van der Waals surface area contributed by atoms with Crippen molar-refractivity contribution >= 4 is 0 Å². The summed E-state index contributed by atoms with van der Waals surface area (Å²) in [6, 6.07) is 15.3. The third-order valence-electron chi connectivity index (χ3n) is 4.01. The molecule has 110 valence electrons. The van der Waals surface area contributed by atoms with Crippen molar-refractivity contribution in [2.75, 3.05) is 7.11 Å². The molecule has 3 heteroatoms. The molecule has 0 saturated heterocycles. The molecular weight excluding hydrogens is 265 g/mol. The van der Waals surface area contributed by atoms with Crippen molar-refractivity contribution in [2.45, 2.75) is 25.4 Å². The predicted octanol–water partition coefficient (Wildman–Crippen LogP) is 4.08. The van der Waals surface area contributed by atoms with Crippen LogP contribution in [0.1, 0.15) is 30.0 Å². The molecule has 0 aromatic heterocycles. The van der Waals surface area contributed by atoms with Crippen LogP contribution >= 0.6 is 0 Å². The van der Waals surface area contributed by atoms with Crippen LogP contribution in [-0.4, -0.2) is 7.11 Å². The number of halogens is 1. The fourth-order valence-corrected chi connectivity index (χ4v) is 2.63. The Morgan fingerprint density at radius 2 is 1.76 bits per heavy atom. The number of ether oxygens (including phenoxy) is 1. The van der Waals surface area contributed by atoms with E-state index in [1.165, 1.54) is 24.0 Å². The molecule has 0 bridgehead atoms. The predicted molar refractivity (Wildman–Crippen MR) is 81.7 cm³/mol. The minimum Gasteiger partial charge on any atom is -0.497 e. The van der Waals surface area contributed by atoms with Crippen molar-refractivity contribution in [3.05, 3.63) is 65.5 Å². The zero-order valence-corrected chi connectivity index (χ0v) is 12.2. The molecule has 0 radical (unpaired) electrons. The lowest BCUT2D eigenvalue weighted by Gasteiger charge is -2.19. The van der Waals surface area contributed by atoms with Crippen LogP contribution in [0.4, 0.5) is 4.39 Å². The first kappa shape index (κ1) is 14.1. The number of methoxy groups -OCH3 is 1. The number of hydrogen-bond acceptors (Lipinski definition) is 2. The second-order valence-electron chi connectivity index (χ2n) is 5.60. The molecular formula is C18H20FNO. The molecule has 1 fully saturated rings. The zero-order valence-electron chi connectivity index (χ0n) is 12.2. The highest BCUT2D eigenvalue weighted by atomic mass is 19.1. The molecule has 3 rings (SSSR count). The van der Waals surface area contributed by atoms with Crippen LogP contribution in [-0.2, 0) is 6.54 Å². The average Bonchev–Trinajstić information content (AvgIpc) is 3.35. The summed E-state index contributed by atoms with van der Waals surface area (Å²) in [4.78, 5) is 0. The van der Waals surface area contributed by atoms with Crippen molar-refractivity contribution < 1.29 is 9.13 Å². The lowest BCUT2D eigenvalue weighted by atomic mass is 10.0. The largest absolute Gasteiger partial charge is 0.497 e. The summed E-state index contributed by atoms with van der Waals surface area (Å²) in [6.45, 7) is 0.808. The number of nitrogens with one attached hydrogen (secondary N) is 1. The fraction of sp³-hybridized carbons (Fsp3) is 0.333. The Morgan fingerprint density at radius 1 is 1.10 bits per heavy atom. The van der Waals surface area contributed by atoms with Crippen LogP contribution in [0, 0.1) is 11.7 Å². The van der Waals surface area contributed by atoms with Crippen molar-refractivity contribution in [1.29, 1.82) is 0 Å². The van der Waals surface area contributed by atoms with Crippen LogP contribution in [0.15, 0.2) is 48.5 Å². The minimum absolute atomic E-state index is 0.177. The Morgan fingerprint density at radius 3 is 2.33 bits per heavy atom. The van der Waals surface area contributed by atoms with E-state index in [1.807, 2.05) is 24.3 Å². The average molecular weight is 285 g/mol. The molecule has 1 atom stereocenters. The third-order valence-corrected chi connectivity index (χ3v) is 4.01. The quantitative estimate of drug-likeness (QED) is 0.863. The lowest BCUT2D eigenvalue weighted by molar-refractivity contribution is 0.414. The Hall–Kier alpha value is -1.87. The monoisotopic (exact) mass is 285 g/mol. The van der Waals surface area contributed by atoms with E-state index in [2.05, 4.69) is 17.4 Å². The Labute approximate surface area is 125 Å². The zero-order chi connectivity index (χ0) is 14.7. The van der Waals surface area contributed by atoms with E-state index in [-0.39, 0.29) is 5.82 Å². The van der Waals surface area contributed by atoms with Gasteiger partial charge in [-0.05, 0) is 54.2 Å². The highest BCUT2D eigenvalue weighted by Crippen LogP contribution is 2.41. The van der Waals surface area contributed by atoms with Crippen LogP contribution in [0.25, 0.3) is 0 Å². The summed E-state index contributed by atoms with van der Waals surface area (Å²) in [5.74, 6) is 1.37. The molecule has 0 spiro atoms. The van der Waals surface area contributed by atoms with E-state index >= 15 is 0 Å². The maximum Gasteiger partial charge on any atom is 0.123 e. The molecule has 1 N–H and O–H groups in total. The molecule has 1 aliphatic carbocycles. The van der Waals surface area contributed by atoms with Gasteiger partial charge in [0, 0.05) is 12.6 Å². The number of rotatable bonds is 6. The first-order valence-corrected chi connectivity index (χ1v) is 7.38. The molecule has 1 aliphatic rings. The summed E-state index contributed by atoms with van der Waals surface area (Å²) in [6.07, 6.45) is 2.50. The first-order chi connectivity index (χ1) is 10.3. The highest BCUT2D eigenvalue weighted by Gasteiger charge is 2.31. The maximum absolute atomic E-state index is 13.1. The smallest absolute Gasteiger partial charge is 0.123 e. The van der Waals surface area contributed by atoms with Gasteiger partial charge in [0.25, 0.3) is 0 Å². The third kappa shape index (κ3) is 3.61. The maximum atomic E-state index is 13.1. The van der Waals surface area contributed by atoms with Gasteiger partial charge < -0.3 is 10.1 Å². The minimum atomic E-state index is -0.177. The van der Waals surface area contributed by atoms with Crippen molar-refractivity contribution in [1.82, 2.24) is 5.32 Å². The lowest BCUT2D eigenvalue weighted by Crippen LogP contribution is -2.22. The second-order valence-corrected chi connectivity index (χ2v) is 5.60. The van der Waals surface area contributed by atoms with Crippen LogP contribution < -0.4 is 10.1 Å². The molecule has 0 aliphatic heterocycles. The van der Waals surface area contributed by atoms with Crippen molar-refractivity contribution in [3.63, 3.8) is 0 Å². The van der Waals surface area contributed by atoms with Crippen LogP contribution in [0.3, 0.4) is 0 Å². The van der Waals surface area contributed by atoms with E-state index < -0.39 is 0 Å². The van der Waals surface area contributed by atoms with Gasteiger partial charge in [0.15, 0.2) is 0 Å². The van der Waals surface area contributed by atoms with Gasteiger partial charge in [-0.3, -0.25) is 0 Å². The Balaban J connectivity index is 1.66. The highest BCUT2D eigenvalue weighted by molar-refractivity contribution is 5.28. The van der Waals surface area contributed by atoms with Gasteiger partial charge >= 0.3 is 0 Å². The summed E-state index contributed by atoms with van der Waals surface area (Å²) in [7, 11) is 1.67.